The largest absolute Gasteiger partial charge is 0.356 e. The summed E-state index contributed by atoms with van der Waals surface area (Å²) in [7, 11) is 0. The molecule has 0 aliphatic carbocycles. The second kappa shape index (κ2) is 21.1. The van der Waals surface area contributed by atoms with E-state index < -0.39 is 0 Å². The Morgan fingerprint density at radius 1 is 0.682 bits per heavy atom. The van der Waals surface area contributed by atoms with Crippen molar-refractivity contribution in [1.29, 1.82) is 0 Å². The number of rotatable bonds is 18. The molecule has 0 radical (unpaired) electrons. The average Bonchev–Trinajstić information content (AvgIpc) is 2.54. The van der Waals surface area contributed by atoms with Gasteiger partial charge >= 0.3 is 0 Å². The third-order valence-electron chi connectivity index (χ3n) is 3.72. The van der Waals surface area contributed by atoms with Crippen LogP contribution >= 0.6 is 15.9 Å². The molecule has 0 saturated carbocycles. The summed E-state index contributed by atoms with van der Waals surface area (Å²) >= 11 is 3.48. The van der Waals surface area contributed by atoms with Crippen LogP contribution in [0.2, 0.25) is 0 Å². The lowest BCUT2D eigenvalue weighted by Gasteiger charge is -2.02. The van der Waals surface area contributed by atoms with Gasteiger partial charge in [-0.2, -0.15) is 0 Å². The van der Waals surface area contributed by atoms with Gasteiger partial charge in [0.15, 0.2) is 0 Å². The molecule has 0 amide bonds. The smallest absolute Gasteiger partial charge is 0.146 e. The zero-order valence-corrected chi connectivity index (χ0v) is 16.2. The molecule has 0 atom stereocenters. The predicted octanol–water partition coefficient (Wildman–Crippen LogP) is 6.63. The van der Waals surface area contributed by atoms with Crippen LogP contribution in [0.3, 0.4) is 0 Å². The maximum absolute atomic E-state index is 5.31. The lowest BCUT2D eigenvalue weighted by atomic mass is 10.1. The van der Waals surface area contributed by atoms with Crippen LogP contribution in [0.25, 0.3) is 0 Å². The molecule has 0 N–H and O–H groups in total. The Kier molecular flexibility index (Phi) is 21.3. The van der Waals surface area contributed by atoms with Crippen LogP contribution in [-0.4, -0.2) is 25.3 Å². The summed E-state index contributed by atoms with van der Waals surface area (Å²) < 4.78 is 10.4. The van der Waals surface area contributed by atoms with Crippen molar-refractivity contribution in [3.63, 3.8) is 0 Å². The Labute approximate surface area is 147 Å². The molecule has 0 saturated heterocycles. The van der Waals surface area contributed by atoms with E-state index in [0.717, 1.165) is 19.6 Å². The summed E-state index contributed by atoms with van der Waals surface area (Å²) in [6.07, 6.45) is 20.8. The summed E-state index contributed by atoms with van der Waals surface area (Å²) in [6.45, 7) is 3.91. The van der Waals surface area contributed by atoms with Gasteiger partial charge < -0.3 is 9.47 Å². The molecule has 0 heterocycles. The first kappa shape index (κ1) is 22.1. The third-order valence-corrected chi connectivity index (χ3v) is 4.28. The molecule has 0 rings (SSSR count). The number of unbranched alkanes of at least 4 members (excludes halogenated alkanes) is 10. The lowest BCUT2D eigenvalue weighted by molar-refractivity contribution is -0.0476. The highest BCUT2D eigenvalue weighted by molar-refractivity contribution is 9.09. The molecule has 3 heteroatoms. The maximum atomic E-state index is 5.31. The molecule has 0 fully saturated rings. The number of ether oxygens (including phenoxy) is 2. The molecule has 132 valence electrons. The van der Waals surface area contributed by atoms with E-state index in [1.165, 1.54) is 76.0 Å². The number of hydrogen-bond acceptors (Lipinski definition) is 2. The molecule has 0 spiro atoms. The topological polar surface area (TPSA) is 18.5 Å². The van der Waals surface area contributed by atoms with Gasteiger partial charge in [0.2, 0.25) is 0 Å². The van der Waals surface area contributed by atoms with Gasteiger partial charge in [-0.15, -0.1) is 0 Å². The third kappa shape index (κ3) is 20.1. The van der Waals surface area contributed by atoms with Gasteiger partial charge in [-0.25, -0.2) is 0 Å². The van der Waals surface area contributed by atoms with Crippen LogP contribution in [0.1, 0.15) is 84.0 Å². The fourth-order valence-corrected chi connectivity index (χ4v) is 2.76. The maximum Gasteiger partial charge on any atom is 0.146 e. The quantitative estimate of drug-likeness (QED) is 0.116. The molecule has 0 aliphatic rings. The van der Waals surface area contributed by atoms with Crippen LogP contribution in [0.4, 0.5) is 0 Å². The minimum Gasteiger partial charge on any atom is -0.356 e. The molecule has 2 nitrogen and oxygen atoms in total. The minimum atomic E-state index is 0.431. The summed E-state index contributed by atoms with van der Waals surface area (Å²) in [4.78, 5) is 0. The van der Waals surface area contributed by atoms with E-state index in [0.29, 0.717) is 6.79 Å². The van der Waals surface area contributed by atoms with E-state index in [1.807, 2.05) is 6.92 Å². The Morgan fingerprint density at radius 3 is 1.82 bits per heavy atom. The standard InChI is InChI=1S/C19H37BrO2/c1-2-21-19-22-18-16-14-12-10-8-6-4-3-5-7-9-11-13-15-17-20/h12,14H,2-11,13,15-19H2,1H3. The normalized spacial score (nSPS) is 11.5. The molecule has 0 aromatic rings. The average molecular weight is 377 g/mol. The first-order chi connectivity index (χ1) is 10.9. The van der Waals surface area contributed by atoms with Crippen LogP contribution in [0, 0.1) is 0 Å². The van der Waals surface area contributed by atoms with Crippen LogP contribution in [0.15, 0.2) is 12.2 Å². The Bertz CT molecular complexity index is 219. The van der Waals surface area contributed by atoms with Crippen molar-refractivity contribution in [2.45, 2.75) is 84.0 Å². The van der Waals surface area contributed by atoms with Crippen molar-refractivity contribution in [2.75, 3.05) is 25.3 Å². The number of halogens is 1. The van der Waals surface area contributed by atoms with Crippen molar-refractivity contribution < 1.29 is 9.47 Å². The van der Waals surface area contributed by atoms with E-state index in [4.69, 9.17) is 9.47 Å². The zero-order valence-electron chi connectivity index (χ0n) is 14.7. The monoisotopic (exact) mass is 376 g/mol. The highest BCUT2D eigenvalue weighted by atomic mass is 79.9. The molecule has 0 unspecified atom stereocenters. The van der Waals surface area contributed by atoms with Gasteiger partial charge in [0.1, 0.15) is 6.79 Å². The van der Waals surface area contributed by atoms with Crippen molar-refractivity contribution >= 4 is 15.9 Å². The Morgan fingerprint density at radius 2 is 1.23 bits per heavy atom. The van der Waals surface area contributed by atoms with E-state index in [-0.39, 0.29) is 0 Å². The predicted molar refractivity (Wildman–Crippen MR) is 101 cm³/mol. The second-order valence-corrected chi connectivity index (χ2v) is 6.59. The van der Waals surface area contributed by atoms with Crippen molar-refractivity contribution in [1.82, 2.24) is 0 Å². The summed E-state index contributed by atoms with van der Waals surface area (Å²) in [5.74, 6) is 0. The number of hydrogen-bond donors (Lipinski definition) is 0. The molecule has 22 heavy (non-hydrogen) atoms. The highest BCUT2D eigenvalue weighted by Gasteiger charge is 1.92. The first-order valence-corrected chi connectivity index (χ1v) is 10.4. The molecule has 0 aromatic heterocycles. The molecule has 0 aliphatic heterocycles. The first-order valence-electron chi connectivity index (χ1n) is 9.28. The van der Waals surface area contributed by atoms with E-state index in [2.05, 4.69) is 28.1 Å². The van der Waals surface area contributed by atoms with Crippen LogP contribution in [-0.2, 0) is 9.47 Å². The van der Waals surface area contributed by atoms with Crippen molar-refractivity contribution in [3.05, 3.63) is 12.2 Å². The Balaban J connectivity index is 3.01. The number of alkyl halides is 1. The molecular formula is C19H37BrO2. The molecular weight excluding hydrogens is 340 g/mol. The Hall–Kier alpha value is 0.140. The fraction of sp³-hybridized carbons (Fsp3) is 0.895. The molecule has 0 bridgehead atoms. The van der Waals surface area contributed by atoms with E-state index >= 15 is 0 Å². The zero-order chi connectivity index (χ0) is 16.1. The summed E-state index contributed by atoms with van der Waals surface area (Å²) in [6, 6.07) is 0. The van der Waals surface area contributed by atoms with Gasteiger partial charge in [0.25, 0.3) is 0 Å². The second-order valence-electron chi connectivity index (χ2n) is 5.79. The van der Waals surface area contributed by atoms with Gasteiger partial charge in [-0.3, -0.25) is 0 Å². The minimum absolute atomic E-state index is 0.431. The highest BCUT2D eigenvalue weighted by Crippen LogP contribution is 2.11. The van der Waals surface area contributed by atoms with Crippen molar-refractivity contribution in [2.24, 2.45) is 0 Å². The van der Waals surface area contributed by atoms with Gasteiger partial charge in [-0.05, 0) is 32.6 Å². The summed E-state index contributed by atoms with van der Waals surface area (Å²) in [5.41, 5.74) is 0. The fourth-order valence-electron chi connectivity index (χ4n) is 2.36. The van der Waals surface area contributed by atoms with Crippen molar-refractivity contribution in [3.8, 4) is 0 Å². The van der Waals surface area contributed by atoms with E-state index in [9.17, 15) is 0 Å². The van der Waals surface area contributed by atoms with Gasteiger partial charge in [-0.1, -0.05) is 79.4 Å². The van der Waals surface area contributed by atoms with Crippen LogP contribution < -0.4 is 0 Å². The van der Waals surface area contributed by atoms with E-state index in [1.54, 1.807) is 0 Å². The molecule has 0 aromatic carbocycles. The van der Waals surface area contributed by atoms with Gasteiger partial charge in [0.05, 0.1) is 6.61 Å². The number of allylic oxidation sites excluding steroid dienone is 1. The van der Waals surface area contributed by atoms with Crippen LogP contribution in [0.5, 0.6) is 0 Å². The lowest BCUT2D eigenvalue weighted by Crippen LogP contribution is -1.99. The SMILES string of the molecule is CCOCOCCC=CCCCCCCCCCCCCBr. The van der Waals surface area contributed by atoms with Gasteiger partial charge in [0, 0.05) is 11.9 Å². The summed E-state index contributed by atoms with van der Waals surface area (Å²) in [5, 5.41) is 1.17.